The van der Waals surface area contributed by atoms with Gasteiger partial charge in [0.2, 0.25) is 0 Å². The molecule has 0 saturated heterocycles. The third-order valence-corrected chi connectivity index (χ3v) is 2.71. The molecule has 1 heterocycles. The van der Waals surface area contributed by atoms with Crippen molar-refractivity contribution in [3.05, 3.63) is 41.3 Å². The predicted octanol–water partition coefficient (Wildman–Crippen LogP) is 2.87. The molecular formula is C13H10ClN3O. The molecular weight excluding hydrogens is 250 g/mol. The molecule has 0 atom stereocenters. The Balaban J connectivity index is 2.42. The highest BCUT2D eigenvalue weighted by Gasteiger charge is 2.07. The van der Waals surface area contributed by atoms with E-state index in [0.717, 1.165) is 5.56 Å². The number of rotatable bonds is 3. The number of nitriles is 1. The van der Waals surface area contributed by atoms with Crippen molar-refractivity contribution in [2.45, 2.75) is 6.42 Å². The number of hydrogen-bond donors (Lipinski definition) is 0. The van der Waals surface area contributed by atoms with Gasteiger partial charge in [0.25, 0.3) is 0 Å². The second-order valence-electron chi connectivity index (χ2n) is 3.54. The molecule has 0 spiro atoms. The number of aromatic nitrogens is 2. The van der Waals surface area contributed by atoms with Crippen LogP contribution in [0.1, 0.15) is 5.82 Å². The summed E-state index contributed by atoms with van der Waals surface area (Å²) in [6.45, 7) is 0. The fourth-order valence-electron chi connectivity index (χ4n) is 1.54. The minimum atomic E-state index is 0.182. The molecule has 0 fully saturated rings. The van der Waals surface area contributed by atoms with Gasteiger partial charge in [0.1, 0.15) is 11.6 Å². The molecule has 0 amide bonds. The first-order chi connectivity index (χ1) is 8.74. The lowest BCUT2D eigenvalue weighted by Crippen LogP contribution is -1.95. The molecule has 0 aliphatic rings. The van der Waals surface area contributed by atoms with Crippen molar-refractivity contribution < 1.29 is 4.74 Å². The Hall–Kier alpha value is -2.12. The molecule has 0 aliphatic heterocycles. The Morgan fingerprint density at radius 1 is 1.39 bits per heavy atom. The van der Waals surface area contributed by atoms with E-state index in [0.29, 0.717) is 22.3 Å². The van der Waals surface area contributed by atoms with E-state index >= 15 is 0 Å². The average Bonchev–Trinajstić information content (AvgIpc) is 2.39. The van der Waals surface area contributed by atoms with Crippen molar-refractivity contribution >= 4 is 11.6 Å². The molecule has 0 bridgehead atoms. The summed E-state index contributed by atoms with van der Waals surface area (Å²) < 4.78 is 5.09. The standard InChI is InChI=1S/C13H10ClN3O/c1-18-9-2-3-10(11(14)8-9)12-5-7-16-13(17-12)4-6-15/h2-3,5,7-8H,4H2,1H3. The first kappa shape index (κ1) is 12.3. The van der Waals surface area contributed by atoms with E-state index < -0.39 is 0 Å². The second kappa shape index (κ2) is 5.48. The Morgan fingerprint density at radius 3 is 2.89 bits per heavy atom. The van der Waals surface area contributed by atoms with Gasteiger partial charge in [-0.25, -0.2) is 9.97 Å². The molecule has 1 aromatic carbocycles. The predicted molar refractivity (Wildman–Crippen MR) is 68.3 cm³/mol. The first-order valence-corrected chi connectivity index (χ1v) is 5.65. The zero-order valence-corrected chi connectivity index (χ0v) is 10.5. The SMILES string of the molecule is COc1ccc(-c2ccnc(CC#N)n2)c(Cl)c1. The number of ether oxygens (including phenoxy) is 1. The van der Waals surface area contributed by atoms with Crippen molar-refractivity contribution in [2.24, 2.45) is 0 Å². The summed E-state index contributed by atoms with van der Waals surface area (Å²) in [6, 6.07) is 9.15. The van der Waals surface area contributed by atoms with E-state index in [-0.39, 0.29) is 6.42 Å². The van der Waals surface area contributed by atoms with Crippen LogP contribution in [0.2, 0.25) is 5.02 Å². The van der Waals surface area contributed by atoms with Crippen LogP contribution in [-0.4, -0.2) is 17.1 Å². The summed E-state index contributed by atoms with van der Waals surface area (Å²) in [5.74, 6) is 1.18. The molecule has 1 aromatic heterocycles. The molecule has 5 heteroatoms. The summed E-state index contributed by atoms with van der Waals surface area (Å²) in [6.07, 6.45) is 1.80. The lowest BCUT2D eigenvalue weighted by Gasteiger charge is -2.06. The van der Waals surface area contributed by atoms with Gasteiger partial charge < -0.3 is 4.74 Å². The van der Waals surface area contributed by atoms with Crippen LogP contribution >= 0.6 is 11.6 Å². The monoisotopic (exact) mass is 259 g/mol. The fraction of sp³-hybridized carbons (Fsp3) is 0.154. The number of nitrogens with zero attached hydrogens (tertiary/aromatic N) is 3. The molecule has 90 valence electrons. The maximum absolute atomic E-state index is 8.63. The minimum Gasteiger partial charge on any atom is -0.497 e. The van der Waals surface area contributed by atoms with E-state index in [1.807, 2.05) is 18.2 Å². The van der Waals surface area contributed by atoms with Crippen molar-refractivity contribution in [1.82, 2.24) is 9.97 Å². The molecule has 0 radical (unpaired) electrons. The maximum atomic E-state index is 8.63. The number of halogens is 1. The van der Waals surface area contributed by atoms with Gasteiger partial charge in [0, 0.05) is 11.8 Å². The van der Waals surface area contributed by atoms with Crippen LogP contribution in [0.25, 0.3) is 11.3 Å². The van der Waals surface area contributed by atoms with Gasteiger partial charge in [0.05, 0.1) is 30.3 Å². The van der Waals surface area contributed by atoms with Crippen LogP contribution in [0.15, 0.2) is 30.5 Å². The molecule has 18 heavy (non-hydrogen) atoms. The number of hydrogen-bond acceptors (Lipinski definition) is 4. The summed E-state index contributed by atoms with van der Waals surface area (Å²) >= 11 is 6.17. The lowest BCUT2D eigenvalue weighted by atomic mass is 10.1. The van der Waals surface area contributed by atoms with Gasteiger partial charge >= 0.3 is 0 Å². The van der Waals surface area contributed by atoms with Crippen LogP contribution in [0.3, 0.4) is 0 Å². The van der Waals surface area contributed by atoms with E-state index in [4.69, 9.17) is 21.6 Å². The molecule has 0 aliphatic carbocycles. The minimum absolute atomic E-state index is 0.182. The molecule has 0 N–H and O–H groups in total. The van der Waals surface area contributed by atoms with E-state index in [1.54, 1.807) is 25.4 Å². The van der Waals surface area contributed by atoms with Crippen LogP contribution in [-0.2, 0) is 6.42 Å². The lowest BCUT2D eigenvalue weighted by molar-refractivity contribution is 0.415. The zero-order chi connectivity index (χ0) is 13.0. The van der Waals surface area contributed by atoms with Crippen LogP contribution < -0.4 is 4.74 Å². The summed E-state index contributed by atoms with van der Waals surface area (Å²) in [5, 5.41) is 9.18. The van der Waals surface area contributed by atoms with Crippen LogP contribution in [0.5, 0.6) is 5.75 Å². The summed E-state index contributed by atoms with van der Waals surface area (Å²) in [7, 11) is 1.58. The maximum Gasteiger partial charge on any atom is 0.142 e. The van der Waals surface area contributed by atoms with Gasteiger partial charge in [-0.2, -0.15) is 5.26 Å². The Kier molecular flexibility index (Phi) is 3.75. The third kappa shape index (κ3) is 2.58. The van der Waals surface area contributed by atoms with Gasteiger partial charge in [-0.15, -0.1) is 0 Å². The van der Waals surface area contributed by atoms with Crippen LogP contribution in [0, 0.1) is 11.3 Å². The van der Waals surface area contributed by atoms with Crippen molar-refractivity contribution in [2.75, 3.05) is 7.11 Å². The van der Waals surface area contributed by atoms with E-state index in [1.165, 1.54) is 0 Å². The highest BCUT2D eigenvalue weighted by molar-refractivity contribution is 6.33. The summed E-state index contributed by atoms with van der Waals surface area (Å²) in [4.78, 5) is 8.31. The van der Waals surface area contributed by atoms with Crippen molar-refractivity contribution in [1.29, 1.82) is 5.26 Å². The number of methoxy groups -OCH3 is 1. The molecule has 0 saturated carbocycles. The van der Waals surface area contributed by atoms with Crippen molar-refractivity contribution in [3.63, 3.8) is 0 Å². The normalized spacial score (nSPS) is 9.83. The largest absolute Gasteiger partial charge is 0.497 e. The van der Waals surface area contributed by atoms with Gasteiger partial charge in [0.15, 0.2) is 0 Å². The van der Waals surface area contributed by atoms with Gasteiger partial charge in [-0.3, -0.25) is 0 Å². The summed E-state index contributed by atoms with van der Waals surface area (Å²) in [5.41, 5.74) is 1.49. The third-order valence-electron chi connectivity index (χ3n) is 2.39. The smallest absolute Gasteiger partial charge is 0.142 e. The quantitative estimate of drug-likeness (QED) is 0.850. The average molecular weight is 260 g/mol. The number of benzene rings is 1. The van der Waals surface area contributed by atoms with Crippen molar-refractivity contribution in [3.8, 4) is 23.1 Å². The molecule has 2 aromatic rings. The second-order valence-corrected chi connectivity index (χ2v) is 3.95. The Labute approximate surface area is 110 Å². The van der Waals surface area contributed by atoms with E-state index in [9.17, 15) is 0 Å². The topological polar surface area (TPSA) is 58.8 Å². The zero-order valence-electron chi connectivity index (χ0n) is 9.72. The molecule has 2 rings (SSSR count). The Morgan fingerprint density at radius 2 is 2.22 bits per heavy atom. The van der Waals surface area contributed by atoms with Gasteiger partial charge in [-0.1, -0.05) is 11.6 Å². The highest BCUT2D eigenvalue weighted by atomic mass is 35.5. The Bertz CT molecular complexity index is 607. The highest BCUT2D eigenvalue weighted by Crippen LogP contribution is 2.29. The van der Waals surface area contributed by atoms with E-state index in [2.05, 4.69) is 9.97 Å². The van der Waals surface area contributed by atoms with Crippen LogP contribution in [0.4, 0.5) is 0 Å². The fourth-order valence-corrected chi connectivity index (χ4v) is 1.80. The first-order valence-electron chi connectivity index (χ1n) is 5.27. The molecule has 0 unspecified atom stereocenters. The van der Waals surface area contributed by atoms with Gasteiger partial charge in [-0.05, 0) is 24.3 Å². The molecule has 4 nitrogen and oxygen atoms in total.